The maximum absolute atomic E-state index is 12.8. The van der Waals surface area contributed by atoms with Crippen LogP contribution in [0.5, 0.6) is 0 Å². The van der Waals surface area contributed by atoms with Crippen molar-refractivity contribution < 1.29 is 52.7 Å². The molecule has 10 rings (SSSR count). The number of ketones is 5. The Bertz CT molecular complexity index is 4540. The van der Waals surface area contributed by atoms with E-state index in [1.165, 1.54) is 56.4 Å². The number of hydrazine groups is 1. The van der Waals surface area contributed by atoms with E-state index in [1.807, 2.05) is 107 Å². The molecule has 10 aromatic rings. The predicted molar refractivity (Wildman–Crippen MR) is 414 cm³/mol. The third-order valence-corrected chi connectivity index (χ3v) is 16.6. The number of rotatable bonds is 21. The highest BCUT2D eigenvalue weighted by atomic mass is 127. The Morgan fingerprint density at radius 1 is 0.495 bits per heavy atom. The van der Waals surface area contributed by atoms with E-state index >= 15 is 0 Å². The van der Waals surface area contributed by atoms with Crippen LogP contribution in [-0.4, -0.2) is 102 Å². The molecule has 0 aliphatic heterocycles. The Balaban J connectivity index is 0.000000205. The van der Waals surface area contributed by atoms with Gasteiger partial charge >= 0.3 is 0 Å². The number of carbonyl (C=O) groups is 7. The lowest BCUT2D eigenvalue weighted by atomic mass is 10.1. The van der Waals surface area contributed by atoms with Crippen molar-refractivity contribution in [1.82, 2.24) is 30.5 Å². The summed E-state index contributed by atoms with van der Waals surface area (Å²) in [5.41, 5.74) is 36.6. The smallest absolute Gasteiger partial charge is 0.274 e. The number of halogens is 3. The summed E-state index contributed by atoms with van der Waals surface area (Å²) in [5.74, 6) is 4.16. The zero-order valence-electron chi connectivity index (χ0n) is 56.1. The molecule has 0 spiro atoms. The highest BCUT2D eigenvalue weighted by Gasteiger charge is 2.22. The zero-order valence-corrected chi connectivity index (χ0v) is 62.5. The van der Waals surface area contributed by atoms with Crippen LogP contribution in [0.1, 0.15) is 106 Å². The topological polar surface area (TPSA) is 368 Å². The number of hydrogen-bond donors (Lipinski definition) is 8. The van der Waals surface area contributed by atoms with Crippen molar-refractivity contribution in [1.29, 1.82) is 5.26 Å². The average molecular weight is 1700 g/mol. The number of Topliss-reactive ketones (excluding diaryl/α,β-unsaturated/α-hetero) is 3. The van der Waals surface area contributed by atoms with Crippen molar-refractivity contribution in [3.8, 4) is 17.4 Å². The Morgan fingerprint density at radius 3 is 1.33 bits per heavy atom. The van der Waals surface area contributed by atoms with Gasteiger partial charge in [-0.05, 0) is 203 Å². The number of nitrogens with zero attached hydrogens (tertiary/aromatic N) is 5. The lowest BCUT2D eigenvalue weighted by molar-refractivity contribution is 0.0533. The number of ether oxygens (including phenoxy) is 2. The molecule has 0 aliphatic carbocycles. The van der Waals surface area contributed by atoms with Crippen LogP contribution >= 0.6 is 67.8 Å². The van der Waals surface area contributed by atoms with Crippen LogP contribution in [0.3, 0.4) is 0 Å². The summed E-state index contributed by atoms with van der Waals surface area (Å²) in [5, 5.41) is 20.6. The standard InChI is InChI=1S/2C19H17IN4O3.C16H11IN2O.C10H14N2O2.C10H13NO2/c2*1-11-6-7-13(19(26)23-27-2)9-16(11)24-18(21)15(10-22-24)17(25)12-4-3-5-14(20)8-12;17-14-6-4-5-12(9-14)16(20)13(10-18)11-19-15-7-2-1-3-8-15;1-7-3-4-8(5-9(7)12-11)10(13)6-14-2;1-7-3-4-8(5-9(7)11)10(12)6-13-2/h2*3-10H,21H2,1-2H3,(H,23,26);1-9,11,19H;3-5,12H,6,11H2,1-2H3;3-5H,6,11H2,1-2H3/b;;13-11-;;. The Kier molecular flexibility index (Phi) is 31.1. The van der Waals surface area contributed by atoms with Gasteiger partial charge in [0.05, 0.1) is 54.8 Å². The van der Waals surface area contributed by atoms with Crippen molar-refractivity contribution >= 4 is 137 Å². The van der Waals surface area contributed by atoms with Crippen LogP contribution in [-0.2, 0) is 19.1 Å². The van der Waals surface area contributed by atoms with Gasteiger partial charge in [0.15, 0.2) is 23.1 Å². The molecule has 0 fully saturated rings. The fraction of sp³-hybridized carbons (Fsp3) is 0.135. The van der Waals surface area contributed by atoms with Crippen LogP contribution in [0.25, 0.3) is 11.4 Å². The first kappa shape index (κ1) is 79.7. The Morgan fingerprint density at radius 2 is 0.911 bits per heavy atom. The molecule has 0 atom stereocenters. The van der Waals surface area contributed by atoms with E-state index in [1.54, 1.807) is 103 Å². The molecule has 24 nitrogen and oxygen atoms in total. The van der Waals surface area contributed by atoms with E-state index in [0.29, 0.717) is 67.1 Å². The van der Waals surface area contributed by atoms with Crippen LogP contribution in [0.15, 0.2) is 200 Å². The zero-order chi connectivity index (χ0) is 73.9. The first-order chi connectivity index (χ1) is 48.4. The second-order valence-corrected chi connectivity index (χ2v) is 25.4. The molecule has 0 aliphatic rings. The molecular formula is C74H72I3N13O11. The molecule has 0 saturated carbocycles. The van der Waals surface area contributed by atoms with E-state index in [9.17, 15) is 33.6 Å². The lowest BCUT2D eigenvalue weighted by Crippen LogP contribution is -2.22. The quantitative estimate of drug-likeness (QED) is 0.00630. The van der Waals surface area contributed by atoms with Gasteiger partial charge in [0.25, 0.3) is 11.8 Å². The number of amides is 2. The van der Waals surface area contributed by atoms with E-state index < -0.39 is 0 Å². The van der Waals surface area contributed by atoms with E-state index in [2.05, 4.69) is 109 Å². The van der Waals surface area contributed by atoms with Gasteiger partial charge in [-0.2, -0.15) is 15.5 Å². The number of para-hydroxylation sites is 1. The predicted octanol–water partition coefficient (Wildman–Crippen LogP) is 12.3. The van der Waals surface area contributed by atoms with Crippen molar-refractivity contribution in [2.45, 2.75) is 27.7 Å². The third kappa shape index (κ3) is 22.6. The van der Waals surface area contributed by atoms with Crippen molar-refractivity contribution in [2.75, 3.05) is 69.6 Å². The SMILES string of the molecule is COCC(=O)c1ccc(C)c(N)c1.COCC(=O)c1ccc(C)c(NN)c1.CONC(=O)c1ccc(C)c(-n2ncc(C(=O)c3cccc(I)c3)c2N)c1.CONC(=O)c1ccc(C)c(-n2ncc(C(=O)c3cccc(I)c3)c2N)c1.N#C/C(=C/Nc1ccccc1)C(=O)c1cccc(I)c1. The molecule has 2 amide bonds. The summed E-state index contributed by atoms with van der Waals surface area (Å²) >= 11 is 6.43. The number of nitrogen functional groups attached to an aromatic ring is 4. The van der Waals surface area contributed by atoms with E-state index in [0.717, 1.165) is 44.3 Å². The van der Waals surface area contributed by atoms with E-state index in [4.69, 9.17) is 37.8 Å². The van der Waals surface area contributed by atoms with Gasteiger partial charge in [0.2, 0.25) is 5.78 Å². The molecule has 0 unspecified atom stereocenters. The summed E-state index contributed by atoms with van der Waals surface area (Å²) in [7, 11) is 5.71. The number of hydrogen-bond acceptors (Lipinski definition) is 20. The van der Waals surface area contributed by atoms with Crippen molar-refractivity contribution in [2.24, 2.45) is 5.84 Å². The largest absolute Gasteiger partial charge is 0.398 e. The molecule has 27 heteroatoms. The number of nitrogens with one attached hydrogen (secondary N) is 4. The number of carbonyl (C=O) groups excluding carboxylic acids is 7. The molecule has 101 heavy (non-hydrogen) atoms. The maximum Gasteiger partial charge on any atom is 0.274 e. The molecule has 520 valence electrons. The molecular weight excluding hydrogens is 1630 g/mol. The number of benzene rings is 8. The first-order valence-electron chi connectivity index (χ1n) is 30.2. The second-order valence-electron chi connectivity index (χ2n) is 21.6. The Labute approximate surface area is 624 Å². The lowest BCUT2D eigenvalue weighted by Gasteiger charge is -2.11. The van der Waals surface area contributed by atoms with Gasteiger partial charge in [0.1, 0.15) is 36.5 Å². The monoisotopic (exact) mass is 1700 g/mol. The summed E-state index contributed by atoms with van der Waals surface area (Å²) in [6.45, 7) is 7.75. The van der Waals surface area contributed by atoms with Crippen molar-refractivity contribution in [3.63, 3.8) is 0 Å². The second kappa shape index (κ2) is 39.5. The van der Waals surface area contributed by atoms with Gasteiger partial charge < -0.3 is 37.4 Å². The summed E-state index contributed by atoms with van der Waals surface area (Å²) in [4.78, 5) is 93.9. The van der Waals surface area contributed by atoms with Gasteiger partial charge in [-0.3, -0.25) is 49.1 Å². The molecule has 0 saturated heterocycles. The minimum absolute atomic E-state index is 0.0470. The fourth-order valence-corrected chi connectivity index (χ4v) is 10.7. The minimum atomic E-state index is -0.389. The summed E-state index contributed by atoms with van der Waals surface area (Å²) < 4.78 is 15.3. The highest BCUT2D eigenvalue weighted by molar-refractivity contribution is 14.1. The van der Waals surface area contributed by atoms with Gasteiger partial charge in [0, 0.05) is 81.4 Å². The summed E-state index contributed by atoms with van der Waals surface area (Å²) in [6.07, 6.45) is 4.33. The van der Waals surface area contributed by atoms with Crippen molar-refractivity contribution in [3.05, 3.63) is 283 Å². The van der Waals surface area contributed by atoms with Crippen LogP contribution in [0.2, 0.25) is 0 Å². The molecule has 12 N–H and O–H groups in total. The normalized spacial score (nSPS) is 10.5. The number of nitrogens with two attached hydrogens (primary N) is 4. The van der Waals surface area contributed by atoms with Gasteiger partial charge in [-0.15, -0.1) is 0 Å². The third-order valence-electron chi connectivity index (χ3n) is 14.5. The number of nitriles is 1. The number of allylic oxidation sites excluding steroid dienone is 1. The van der Waals surface area contributed by atoms with Crippen LogP contribution in [0, 0.1) is 49.7 Å². The van der Waals surface area contributed by atoms with E-state index in [-0.39, 0.29) is 71.2 Å². The van der Waals surface area contributed by atoms with Crippen LogP contribution < -0.4 is 44.7 Å². The average Bonchev–Trinajstić information content (AvgIpc) is 1.68. The highest BCUT2D eigenvalue weighted by Crippen LogP contribution is 2.27. The van der Waals surface area contributed by atoms with Gasteiger partial charge in [-0.1, -0.05) is 91.0 Å². The number of anilines is 5. The molecule has 8 aromatic carbocycles. The number of methoxy groups -OCH3 is 2. The molecule has 2 heterocycles. The molecule has 0 bridgehead atoms. The summed E-state index contributed by atoms with van der Waals surface area (Å²) in [6, 6.07) is 53.8. The number of hydroxylamine groups is 2. The molecule has 0 radical (unpaired) electrons. The first-order valence-corrected chi connectivity index (χ1v) is 33.5. The van der Waals surface area contributed by atoms with Crippen LogP contribution in [0.4, 0.5) is 28.7 Å². The number of aromatic nitrogens is 4. The molecule has 2 aromatic heterocycles. The maximum atomic E-state index is 12.8. The van der Waals surface area contributed by atoms with Gasteiger partial charge in [-0.25, -0.2) is 20.3 Å². The fourth-order valence-electron chi connectivity index (χ4n) is 9.10. The number of aryl methyl sites for hydroxylation is 4. The minimum Gasteiger partial charge on any atom is -0.398 e. The Hall–Kier alpha value is -10.3.